The average Bonchev–Trinajstić information content (AvgIpc) is 2.51. The fourth-order valence-corrected chi connectivity index (χ4v) is 3.85. The van der Waals surface area contributed by atoms with E-state index in [4.69, 9.17) is 0 Å². The number of carbonyl (C=O) groups is 1. The minimum Gasteiger partial charge on any atom is -0.355 e. The number of amides is 1. The number of nitrogens with zero attached hydrogens (tertiary/aromatic N) is 2. The van der Waals surface area contributed by atoms with Crippen LogP contribution in [-0.4, -0.2) is 76.2 Å². The van der Waals surface area contributed by atoms with E-state index in [-0.39, 0.29) is 29.1 Å². The topological polar surface area (TPSA) is 69.7 Å². The summed E-state index contributed by atoms with van der Waals surface area (Å²) in [4.78, 5) is 16.4. The van der Waals surface area contributed by atoms with Gasteiger partial charge in [0.15, 0.2) is 9.84 Å². The Balaban J connectivity index is 1.80. The first-order valence-electron chi connectivity index (χ1n) is 7.92. The second kappa shape index (κ2) is 8.04. The summed E-state index contributed by atoms with van der Waals surface area (Å²) >= 11 is 0. The molecule has 6 nitrogen and oxygen atoms in total. The van der Waals surface area contributed by atoms with Crippen LogP contribution in [0.25, 0.3) is 0 Å². The van der Waals surface area contributed by atoms with Crippen LogP contribution in [0.1, 0.15) is 6.42 Å². The van der Waals surface area contributed by atoms with Gasteiger partial charge in [-0.2, -0.15) is 0 Å². The Hall–Kier alpha value is -1.51. The summed E-state index contributed by atoms with van der Waals surface area (Å²) in [7, 11) is 0.486. The Morgan fingerprint density at radius 2 is 1.92 bits per heavy atom. The number of carbonyl (C=O) groups excluding carboxylic acids is 1. The average molecular weight is 357 g/mol. The van der Waals surface area contributed by atoms with Crippen LogP contribution in [0.3, 0.4) is 0 Å². The van der Waals surface area contributed by atoms with Crippen LogP contribution >= 0.6 is 0 Å². The molecule has 0 bridgehead atoms. The number of hydrogen-bond acceptors (Lipinski definition) is 5. The van der Waals surface area contributed by atoms with E-state index in [0.717, 1.165) is 31.8 Å². The van der Waals surface area contributed by atoms with Crippen LogP contribution in [0.5, 0.6) is 0 Å². The molecule has 24 heavy (non-hydrogen) atoms. The fourth-order valence-electron chi connectivity index (χ4n) is 2.69. The van der Waals surface area contributed by atoms with Gasteiger partial charge < -0.3 is 15.1 Å². The molecule has 1 aliphatic rings. The van der Waals surface area contributed by atoms with Crippen LogP contribution < -0.4 is 5.32 Å². The summed E-state index contributed by atoms with van der Waals surface area (Å²) in [5.41, 5.74) is 0. The van der Waals surface area contributed by atoms with Crippen molar-refractivity contribution in [1.29, 1.82) is 0 Å². The maximum Gasteiger partial charge on any atom is 0.221 e. The first-order chi connectivity index (χ1) is 11.3. The maximum atomic E-state index is 12.9. The van der Waals surface area contributed by atoms with Crippen molar-refractivity contribution in [3.05, 3.63) is 30.1 Å². The third kappa shape index (κ3) is 5.25. The second-order valence-corrected chi connectivity index (χ2v) is 8.33. The largest absolute Gasteiger partial charge is 0.355 e. The van der Waals surface area contributed by atoms with Crippen LogP contribution in [-0.2, 0) is 14.6 Å². The molecule has 0 aromatic heterocycles. The first kappa shape index (κ1) is 18.8. The Bertz CT molecular complexity index is 664. The second-order valence-electron chi connectivity index (χ2n) is 6.22. The molecule has 1 N–H and O–H groups in total. The lowest BCUT2D eigenvalue weighted by Crippen LogP contribution is -2.51. The van der Waals surface area contributed by atoms with Gasteiger partial charge in [0.05, 0.1) is 10.6 Å². The van der Waals surface area contributed by atoms with E-state index >= 15 is 0 Å². The molecular formula is C16H24FN3O3S. The summed E-state index contributed by atoms with van der Waals surface area (Å²) in [6, 6.07) is 4.83. The van der Waals surface area contributed by atoms with Crippen molar-refractivity contribution in [1.82, 2.24) is 15.1 Å². The molecule has 0 spiro atoms. The molecule has 1 aromatic carbocycles. The molecule has 8 heteroatoms. The van der Waals surface area contributed by atoms with E-state index in [1.807, 2.05) is 14.1 Å². The van der Waals surface area contributed by atoms with Crippen LogP contribution in [0, 0.1) is 5.82 Å². The van der Waals surface area contributed by atoms with Crippen molar-refractivity contribution < 1.29 is 17.6 Å². The van der Waals surface area contributed by atoms with E-state index in [0.29, 0.717) is 6.42 Å². The minimum atomic E-state index is -3.53. The van der Waals surface area contributed by atoms with Gasteiger partial charge in [-0.25, -0.2) is 12.8 Å². The fraction of sp³-hybridized carbons (Fsp3) is 0.562. The number of likely N-dealkylation sites (N-methyl/N-ethyl adjacent to an activating group) is 2. The van der Waals surface area contributed by atoms with Gasteiger partial charge in [0.1, 0.15) is 5.82 Å². The van der Waals surface area contributed by atoms with Gasteiger partial charge in [-0.05, 0) is 38.4 Å². The van der Waals surface area contributed by atoms with Crippen molar-refractivity contribution >= 4 is 15.7 Å². The van der Waals surface area contributed by atoms with E-state index < -0.39 is 15.7 Å². The highest BCUT2D eigenvalue weighted by atomic mass is 32.2. The van der Waals surface area contributed by atoms with Crippen molar-refractivity contribution in [2.45, 2.75) is 17.4 Å². The maximum absolute atomic E-state index is 12.9. The molecule has 0 aliphatic carbocycles. The van der Waals surface area contributed by atoms with Crippen molar-refractivity contribution in [2.75, 3.05) is 46.0 Å². The molecule has 134 valence electrons. The number of piperazine rings is 1. The van der Waals surface area contributed by atoms with Gasteiger partial charge in [0.25, 0.3) is 0 Å². The SMILES string of the molecule is CN1CCN(C)[C@@H](CC(=O)NCCS(=O)(=O)c2ccc(F)cc2)C1. The molecule has 1 aromatic rings. The predicted octanol–water partition coefficient (Wildman–Crippen LogP) is 0.352. The summed E-state index contributed by atoms with van der Waals surface area (Å²) in [6.07, 6.45) is 0.345. The number of benzene rings is 1. The van der Waals surface area contributed by atoms with Crippen molar-refractivity contribution in [2.24, 2.45) is 0 Å². The molecule has 1 fully saturated rings. The number of sulfone groups is 1. The summed E-state index contributed by atoms with van der Waals surface area (Å²) in [5.74, 6) is -0.842. The van der Waals surface area contributed by atoms with Crippen molar-refractivity contribution in [3.8, 4) is 0 Å². The highest BCUT2D eigenvalue weighted by Crippen LogP contribution is 2.12. The highest BCUT2D eigenvalue weighted by molar-refractivity contribution is 7.91. The summed E-state index contributed by atoms with van der Waals surface area (Å²) < 4.78 is 37.1. The first-order valence-corrected chi connectivity index (χ1v) is 9.57. The Morgan fingerprint density at radius 1 is 1.25 bits per heavy atom. The lowest BCUT2D eigenvalue weighted by Gasteiger charge is -2.37. The zero-order chi connectivity index (χ0) is 17.7. The van der Waals surface area contributed by atoms with Crippen LogP contribution in [0.2, 0.25) is 0 Å². The minimum absolute atomic E-state index is 0.0464. The van der Waals surface area contributed by atoms with Gasteiger partial charge in [-0.1, -0.05) is 0 Å². The van der Waals surface area contributed by atoms with E-state index in [1.165, 1.54) is 12.1 Å². The summed E-state index contributed by atoms with van der Waals surface area (Å²) in [6.45, 7) is 2.75. The van der Waals surface area contributed by atoms with Gasteiger partial charge in [-0.15, -0.1) is 0 Å². The highest BCUT2D eigenvalue weighted by Gasteiger charge is 2.24. The van der Waals surface area contributed by atoms with E-state index in [1.54, 1.807) is 0 Å². The molecule has 2 rings (SSSR count). The third-order valence-corrected chi connectivity index (χ3v) is 6.00. The Morgan fingerprint density at radius 3 is 2.58 bits per heavy atom. The zero-order valence-electron chi connectivity index (χ0n) is 14.0. The normalized spacial score (nSPS) is 20.0. The summed E-state index contributed by atoms with van der Waals surface area (Å²) in [5, 5.41) is 2.67. The lowest BCUT2D eigenvalue weighted by molar-refractivity contribution is -0.122. The Kier molecular flexibility index (Phi) is 6.31. The molecule has 0 saturated carbocycles. The molecule has 1 saturated heterocycles. The molecular weight excluding hydrogens is 333 g/mol. The van der Waals surface area contributed by atoms with Crippen LogP contribution in [0.15, 0.2) is 29.2 Å². The van der Waals surface area contributed by atoms with Crippen LogP contribution in [0.4, 0.5) is 4.39 Å². The molecule has 0 unspecified atom stereocenters. The lowest BCUT2D eigenvalue weighted by atomic mass is 10.1. The van der Waals surface area contributed by atoms with Gasteiger partial charge in [0.2, 0.25) is 5.91 Å². The monoisotopic (exact) mass is 357 g/mol. The molecule has 1 aliphatic heterocycles. The zero-order valence-corrected chi connectivity index (χ0v) is 14.9. The van der Waals surface area contributed by atoms with Gasteiger partial charge in [0, 0.05) is 38.6 Å². The molecule has 1 amide bonds. The number of halogens is 1. The predicted molar refractivity (Wildman–Crippen MR) is 90.0 cm³/mol. The molecule has 1 atom stereocenters. The molecule has 1 heterocycles. The van der Waals surface area contributed by atoms with E-state index in [9.17, 15) is 17.6 Å². The van der Waals surface area contributed by atoms with Crippen molar-refractivity contribution in [3.63, 3.8) is 0 Å². The quantitative estimate of drug-likeness (QED) is 0.744. The standard InChI is InChI=1S/C16H24FN3O3S/c1-19-8-9-20(2)14(12-19)11-16(21)18-7-10-24(22,23)15-5-3-13(17)4-6-15/h3-6,14H,7-12H2,1-2H3,(H,18,21)/t14-/m0/s1. The molecule has 0 radical (unpaired) electrons. The third-order valence-electron chi connectivity index (χ3n) is 4.27. The van der Waals surface area contributed by atoms with Gasteiger partial charge >= 0.3 is 0 Å². The number of rotatable bonds is 6. The number of hydrogen-bond donors (Lipinski definition) is 1. The van der Waals surface area contributed by atoms with Gasteiger partial charge in [-0.3, -0.25) is 4.79 Å². The smallest absolute Gasteiger partial charge is 0.221 e. The Labute approximate surface area is 142 Å². The van der Waals surface area contributed by atoms with E-state index in [2.05, 4.69) is 15.1 Å². The number of nitrogens with one attached hydrogen (secondary N) is 1.